The highest BCUT2D eigenvalue weighted by molar-refractivity contribution is 7.98. The van der Waals surface area contributed by atoms with E-state index in [1.165, 1.54) is 51.4 Å². The second-order valence-electron chi connectivity index (χ2n) is 8.11. The maximum atomic E-state index is 4.49. The van der Waals surface area contributed by atoms with E-state index >= 15 is 0 Å². The molecule has 0 aliphatic heterocycles. The zero-order chi connectivity index (χ0) is 19.1. The van der Waals surface area contributed by atoms with E-state index in [0.29, 0.717) is 12.1 Å². The number of guanidine groups is 1. The molecule has 2 aliphatic rings. The van der Waals surface area contributed by atoms with Gasteiger partial charge in [-0.2, -0.15) is 0 Å². The molecule has 0 radical (unpaired) electrons. The van der Waals surface area contributed by atoms with Crippen LogP contribution in [-0.2, 0) is 6.42 Å². The van der Waals surface area contributed by atoms with Crippen molar-refractivity contribution < 1.29 is 0 Å². The Hall–Kier alpha value is -1.24. The van der Waals surface area contributed by atoms with E-state index in [9.17, 15) is 0 Å². The molecule has 0 atom stereocenters. The lowest BCUT2D eigenvalue weighted by atomic mass is 9.87. The molecule has 1 aromatic heterocycles. The maximum Gasteiger partial charge on any atom is 0.191 e. The number of aromatic nitrogens is 3. The van der Waals surface area contributed by atoms with Gasteiger partial charge in [0, 0.05) is 32.1 Å². The lowest BCUT2D eigenvalue weighted by Gasteiger charge is -2.28. The van der Waals surface area contributed by atoms with Crippen molar-refractivity contribution in [3.05, 3.63) is 5.82 Å². The average molecular weight is 393 g/mol. The van der Waals surface area contributed by atoms with Crippen LogP contribution in [0.15, 0.2) is 10.1 Å². The molecule has 0 unspecified atom stereocenters. The highest BCUT2D eigenvalue weighted by Gasteiger charge is 2.23. The molecule has 2 fully saturated rings. The van der Waals surface area contributed by atoms with Crippen molar-refractivity contribution in [2.24, 2.45) is 10.9 Å². The summed E-state index contributed by atoms with van der Waals surface area (Å²) in [5.41, 5.74) is 0. The van der Waals surface area contributed by atoms with Crippen LogP contribution in [0.3, 0.4) is 0 Å². The van der Waals surface area contributed by atoms with Gasteiger partial charge < -0.3 is 15.2 Å². The predicted molar refractivity (Wildman–Crippen MR) is 114 cm³/mol. The minimum atomic E-state index is 0.571. The summed E-state index contributed by atoms with van der Waals surface area (Å²) in [6.45, 7) is 3.27. The number of aryl methyl sites for hydroxylation is 1. The zero-order valence-corrected chi connectivity index (χ0v) is 18.0. The van der Waals surface area contributed by atoms with Crippen molar-refractivity contribution in [2.45, 2.75) is 88.4 Å². The van der Waals surface area contributed by atoms with E-state index in [4.69, 9.17) is 0 Å². The third kappa shape index (κ3) is 5.62. The van der Waals surface area contributed by atoms with Crippen LogP contribution in [0.4, 0.5) is 0 Å². The number of rotatable bonds is 7. The molecular weight excluding hydrogens is 356 g/mol. The first-order valence-electron chi connectivity index (χ1n) is 10.7. The third-order valence-electron chi connectivity index (χ3n) is 6.06. The summed E-state index contributed by atoms with van der Waals surface area (Å²) in [6.07, 6.45) is 14.5. The number of hydrogen-bond acceptors (Lipinski definition) is 4. The Labute approximate surface area is 168 Å². The molecule has 1 aromatic rings. The Kier molecular flexibility index (Phi) is 7.85. The van der Waals surface area contributed by atoms with E-state index < -0.39 is 0 Å². The molecule has 152 valence electrons. The quantitative estimate of drug-likeness (QED) is 0.320. The molecule has 0 spiro atoms. The molecule has 2 aliphatic carbocycles. The van der Waals surface area contributed by atoms with Crippen LogP contribution in [0.25, 0.3) is 0 Å². The van der Waals surface area contributed by atoms with Crippen LogP contribution in [0, 0.1) is 5.92 Å². The summed E-state index contributed by atoms with van der Waals surface area (Å²) < 4.78 is 2.41. The Morgan fingerprint density at radius 2 is 1.89 bits per heavy atom. The van der Waals surface area contributed by atoms with Gasteiger partial charge in [-0.05, 0) is 57.1 Å². The third-order valence-corrected chi connectivity index (χ3v) is 6.70. The number of nitrogens with one attached hydrogen (secondary N) is 2. The Morgan fingerprint density at radius 3 is 2.56 bits per heavy atom. The minimum Gasteiger partial charge on any atom is -0.356 e. The van der Waals surface area contributed by atoms with Crippen LogP contribution < -0.4 is 10.6 Å². The summed E-state index contributed by atoms with van der Waals surface area (Å²) in [5, 5.41) is 17.1. The highest BCUT2D eigenvalue weighted by Crippen LogP contribution is 2.33. The fourth-order valence-electron chi connectivity index (χ4n) is 4.39. The van der Waals surface area contributed by atoms with Gasteiger partial charge in [-0.1, -0.05) is 31.5 Å². The Bertz CT molecular complexity index is 600. The molecule has 2 N–H and O–H groups in total. The second-order valence-corrected chi connectivity index (χ2v) is 8.89. The number of nitrogens with zero attached hydrogens (tertiary/aromatic N) is 4. The normalized spacial score (nSPS) is 24.3. The van der Waals surface area contributed by atoms with Gasteiger partial charge in [-0.15, -0.1) is 10.2 Å². The van der Waals surface area contributed by atoms with Gasteiger partial charge in [-0.25, -0.2) is 0 Å². The monoisotopic (exact) mass is 392 g/mol. The number of aliphatic imine (C=N–C) groups is 1. The van der Waals surface area contributed by atoms with Crippen molar-refractivity contribution in [3.8, 4) is 0 Å². The molecule has 0 aromatic carbocycles. The van der Waals surface area contributed by atoms with Crippen LogP contribution >= 0.6 is 11.8 Å². The lowest BCUT2D eigenvalue weighted by Crippen LogP contribution is -2.45. The molecule has 7 heteroatoms. The van der Waals surface area contributed by atoms with E-state index in [0.717, 1.165) is 42.2 Å². The molecule has 0 amide bonds. The first-order valence-corrected chi connectivity index (χ1v) is 11.9. The number of thioether (sulfide) groups is 1. The average Bonchev–Trinajstić information content (AvgIpc) is 3.34. The molecule has 0 bridgehead atoms. The van der Waals surface area contributed by atoms with E-state index in [-0.39, 0.29) is 0 Å². The number of hydrogen-bond donors (Lipinski definition) is 2. The fourth-order valence-corrected chi connectivity index (χ4v) is 4.97. The van der Waals surface area contributed by atoms with Crippen LogP contribution in [0.1, 0.15) is 76.6 Å². The molecule has 2 saturated carbocycles. The molecular formula is C20H36N6S. The topological polar surface area (TPSA) is 67.1 Å². The summed E-state index contributed by atoms with van der Waals surface area (Å²) >= 11 is 1.71. The summed E-state index contributed by atoms with van der Waals surface area (Å²) in [4.78, 5) is 4.40. The highest BCUT2D eigenvalue weighted by atomic mass is 32.2. The molecule has 3 rings (SSSR count). The van der Waals surface area contributed by atoms with E-state index in [2.05, 4.69) is 43.6 Å². The fraction of sp³-hybridized carbons (Fsp3) is 0.850. The summed E-state index contributed by atoms with van der Waals surface area (Å²) in [7, 11) is 1.86. The SMILES string of the molecule is CN=C(NCCCc1nnc(SC)n1C1CCCC1)NC1CCC(C)CC1. The lowest BCUT2D eigenvalue weighted by molar-refractivity contribution is 0.329. The van der Waals surface area contributed by atoms with Crippen molar-refractivity contribution >= 4 is 17.7 Å². The Morgan fingerprint density at radius 1 is 1.15 bits per heavy atom. The van der Waals surface area contributed by atoms with Crippen LogP contribution in [-0.4, -0.2) is 46.6 Å². The minimum absolute atomic E-state index is 0.571. The molecule has 6 nitrogen and oxygen atoms in total. The van der Waals surface area contributed by atoms with Gasteiger partial charge in [0.2, 0.25) is 0 Å². The van der Waals surface area contributed by atoms with E-state index in [1.54, 1.807) is 11.8 Å². The molecule has 27 heavy (non-hydrogen) atoms. The molecule has 1 heterocycles. The largest absolute Gasteiger partial charge is 0.356 e. The first kappa shape index (κ1) is 20.5. The van der Waals surface area contributed by atoms with Crippen molar-refractivity contribution in [3.63, 3.8) is 0 Å². The molecule has 0 saturated heterocycles. The van der Waals surface area contributed by atoms with Gasteiger partial charge in [-0.3, -0.25) is 4.99 Å². The van der Waals surface area contributed by atoms with Gasteiger partial charge in [0.25, 0.3) is 0 Å². The Balaban J connectivity index is 1.45. The van der Waals surface area contributed by atoms with Gasteiger partial charge in [0.1, 0.15) is 5.82 Å². The van der Waals surface area contributed by atoms with Crippen molar-refractivity contribution in [1.82, 2.24) is 25.4 Å². The smallest absolute Gasteiger partial charge is 0.191 e. The van der Waals surface area contributed by atoms with Gasteiger partial charge in [0.05, 0.1) is 0 Å². The van der Waals surface area contributed by atoms with Crippen LogP contribution in [0.2, 0.25) is 0 Å². The maximum absolute atomic E-state index is 4.49. The van der Waals surface area contributed by atoms with Crippen LogP contribution in [0.5, 0.6) is 0 Å². The van der Waals surface area contributed by atoms with Gasteiger partial charge in [0.15, 0.2) is 11.1 Å². The van der Waals surface area contributed by atoms with Crippen molar-refractivity contribution in [1.29, 1.82) is 0 Å². The zero-order valence-electron chi connectivity index (χ0n) is 17.2. The summed E-state index contributed by atoms with van der Waals surface area (Å²) in [5.74, 6) is 2.97. The van der Waals surface area contributed by atoms with Crippen molar-refractivity contribution in [2.75, 3.05) is 19.8 Å². The standard InChI is InChI=1S/C20H36N6S/c1-15-10-12-16(13-11-15)23-19(21-2)22-14-6-9-18-24-25-20(27-3)26(18)17-7-4-5-8-17/h15-17H,4-14H2,1-3H3,(H2,21,22,23). The van der Waals surface area contributed by atoms with E-state index in [1.807, 2.05) is 7.05 Å². The van der Waals surface area contributed by atoms with Gasteiger partial charge >= 0.3 is 0 Å². The predicted octanol–water partition coefficient (Wildman–Crippen LogP) is 3.79. The first-order chi connectivity index (χ1) is 13.2. The summed E-state index contributed by atoms with van der Waals surface area (Å²) in [6, 6.07) is 1.18. The second kappa shape index (κ2) is 10.3.